The predicted octanol–water partition coefficient (Wildman–Crippen LogP) is 1.93. The number of anilines is 1. The van der Waals surface area contributed by atoms with Crippen LogP contribution in [-0.2, 0) is 11.2 Å². The Morgan fingerprint density at radius 3 is 2.76 bits per heavy atom. The monoisotopic (exact) mass is 233 g/mol. The van der Waals surface area contributed by atoms with E-state index in [9.17, 15) is 9.59 Å². The molecule has 4 heteroatoms. The van der Waals surface area contributed by atoms with Crippen molar-refractivity contribution >= 4 is 17.6 Å². The van der Waals surface area contributed by atoms with Gasteiger partial charge in [0.05, 0.1) is 12.0 Å². The number of nitrogens with zero attached hydrogens (tertiary/aromatic N) is 1. The fraction of sp³-hybridized carbons (Fsp3) is 0.385. The Morgan fingerprint density at radius 2 is 2.18 bits per heavy atom. The van der Waals surface area contributed by atoms with Gasteiger partial charge >= 0.3 is 5.97 Å². The molecule has 4 nitrogen and oxygen atoms in total. The molecule has 1 amide bonds. The molecule has 17 heavy (non-hydrogen) atoms. The van der Waals surface area contributed by atoms with Gasteiger partial charge in [0.25, 0.3) is 0 Å². The lowest BCUT2D eigenvalue weighted by molar-refractivity contribution is -0.117. The molecular weight excluding hydrogens is 218 g/mol. The lowest BCUT2D eigenvalue weighted by Gasteiger charge is -2.19. The smallest absolute Gasteiger partial charge is 0.335 e. The molecule has 1 aliphatic heterocycles. The molecule has 1 aromatic rings. The Labute approximate surface area is 99.9 Å². The summed E-state index contributed by atoms with van der Waals surface area (Å²) in [5.74, 6) is -0.511. The van der Waals surface area contributed by atoms with Gasteiger partial charge in [-0.15, -0.1) is 0 Å². The molecule has 0 saturated carbocycles. The summed E-state index contributed by atoms with van der Waals surface area (Å²) in [6.45, 7) is 4.78. The van der Waals surface area contributed by atoms with E-state index >= 15 is 0 Å². The van der Waals surface area contributed by atoms with Gasteiger partial charge in [0.2, 0.25) is 5.91 Å². The summed E-state index contributed by atoms with van der Waals surface area (Å²) in [5, 5.41) is 8.89. The summed E-state index contributed by atoms with van der Waals surface area (Å²) < 4.78 is 0. The third-order valence-electron chi connectivity index (χ3n) is 2.81. The largest absolute Gasteiger partial charge is 0.478 e. The molecule has 0 aromatic heterocycles. The number of carboxylic acid groups (broad SMARTS) is 1. The zero-order valence-corrected chi connectivity index (χ0v) is 9.93. The van der Waals surface area contributed by atoms with Crippen LogP contribution in [0, 0.1) is 5.92 Å². The molecule has 1 N–H and O–H groups in total. The van der Waals surface area contributed by atoms with Crippen molar-refractivity contribution in [2.45, 2.75) is 20.3 Å². The average molecular weight is 233 g/mol. The maximum atomic E-state index is 11.8. The predicted molar refractivity (Wildman–Crippen MR) is 64.3 cm³/mol. The van der Waals surface area contributed by atoms with E-state index in [0.717, 1.165) is 11.3 Å². The summed E-state index contributed by atoms with van der Waals surface area (Å²) in [6, 6.07) is 4.87. The third-order valence-corrected chi connectivity index (χ3v) is 2.81. The highest BCUT2D eigenvalue weighted by atomic mass is 16.4. The first kappa shape index (κ1) is 11.6. The standard InChI is InChI=1S/C13H15NO3/c1-8(2)7-14-11-4-3-9(13(16)17)5-10(11)6-12(14)15/h3-5,8H,6-7H2,1-2H3,(H,16,17). The summed E-state index contributed by atoms with van der Waals surface area (Å²) in [5.41, 5.74) is 1.91. The van der Waals surface area contributed by atoms with Crippen LogP contribution in [0.4, 0.5) is 5.69 Å². The number of hydrogen-bond acceptors (Lipinski definition) is 2. The second-order valence-electron chi connectivity index (χ2n) is 4.72. The van der Waals surface area contributed by atoms with E-state index in [4.69, 9.17) is 5.11 Å². The van der Waals surface area contributed by atoms with Gasteiger partial charge in [-0.25, -0.2) is 4.79 Å². The number of carbonyl (C=O) groups excluding carboxylic acids is 1. The van der Waals surface area contributed by atoms with Crippen LogP contribution in [0.5, 0.6) is 0 Å². The lowest BCUT2D eigenvalue weighted by Crippen LogP contribution is -2.30. The fourth-order valence-corrected chi connectivity index (χ4v) is 2.08. The summed E-state index contributed by atoms with van der Waals surface area (Å²) in [6.07, 6.45) is 0.309. The third kappa shape index (κ3) is 2.16. The number of aromatic carboxylic acids is 1. The van der Waals surface area contributed by atoms with E-state index in [-0.39, 0.29) is 11.5 Å². The minimum absolute atomic E-state index is 0.0521. The molecule has 2 rings (SSSR count). The van der Waals surface area contributed by atoms with E-state index < -0.39 is 5.97 Å². The molecule has 0 atom stereocenters. The van der Waals surface area contributed by atoms with Gasteiger partial charge in [0, 0.05) is 12.2 Å². The maximum absolute atomic E-state index is 11.8. The highest BCUT2D eigenvalue weighted by Gasteiger charge is 2.28. The Balaban J connectivity index is 2.35. The van der Waals surface area contributed by atoms with E-state index in [1.54, 1.807) is 23.1 Å². The lowest BCUT2D eigenvalue weighted by atomic mass is 10.1. The second-order valence-corrected chi connectivity index (χ2v) is 4.72. The topological polar surface area (TPSA) is 57.6 Å². The quantitative estimate of drug-likeness (QED) is 0.867. The first-order valence-corrected chi connectivity index (χ1v) is 5.65. The Kier molecular flexibility index (Phi) is 2.88. The van der Waals surface area contributed by atoms with Crippen molar-refractivity contribution in [2.24, 2.45) is 5.92 Å². The minimum Gasteiger partial charge on any atom is -0.478 e. The molecule has 0 spiro atoms. The van der Waals surface area contributed by atoms with Gasteiger partial charge in [0.15, 0.2) is 0 Å². The van der Waals surface area contributed by atoms with Gasteiger partial charge in [-0.05, 0) is 29.7 Å². The summed E-state index contributed by atoms with van der Waals surface area (Å²) >= 11 is 0. The molecule has 0 bridgehead atoms. The van der Waals surface area contributed by atoms with Gasteiger partial charge in [0.1, 0.15) is 0 Å². The van der Waals surface area contributed by atoms with Crippen LogP contribution in [0.2, 0.25) is 0 Å². The zero-order chi connectivity index (χ0) is 12.6. The first-order chi connectivity index (χ1) is 7.99. The Bertz CT molecular complexity index is 480. The summed E-state index contributed by atoms with van der Waals surface area (Å²) in [4.78, 5) is 24.4. The molecule has 0 radical (unpaired) electrons. The van der Waals surface area contributed by atoms with Gasteiger partial charge < -0.3 is 10.0 Å². The Hall–Kier alpha value is -1.84. The molecular formula is C13H15NO3. The molecule has 0 saturated heterocycles. The van der Waals surface area contributed by atoms with E-state index in [2.05, 4.69) is 13.8 Å². The number of carboxylic acids is 1. The molecule has 1 aromatic carbocycles. The van der Waals surface area contributed by atoms with Crippen molar-refractivity contribution < 1.29 is 14.7 Å². The van der Waals surface area contributed by atoms with Gasteiger partial charge in [-0.1, -0.05) is 13.8 Å². The van der Waals surface area contributed by atoms with Crippen LogP contribution in [0.25, 0.3) is 0 Å². The maximum Gasteiger partial charge on any atom is 0.335 e. The second kappa shape index (κ2) is 4.20. The SMILES string of the molecule is CC(C)CN1C(=O)Cc2cc(C(=O)O)ccc21. The molecule has 1 aliphatic rings. The molecule has 0 aliphatic carbocycles. The number of benzene rings is 1. The van der Waals surface area contributed by atoms with Gasteiger partial charge in [-0.2, -0.15) is 0 Å². The number of carbonyl (C=O) groups is 2. The van der Waals surface area contributed by atoms with Crippen LogP contribution < -0.4 is 4.90 Å². The van der Waals surface area contributed by atoms with E-state index in [1.165, 1.54) is 0 Å². The average Bonchev–Trinajstić information content (AvgIpc) is 2.54. The van der Waals surface area contributed by atoms with Crippen molar-refractivity contribution in [3.05, 3.63) is 29.3 Å². The van der Waals surface area contributed by atoms with E-state index in [0.29, 0.717) is 18.9 Å². The summed E-state index contributed by atoms with van der Waals surface area (Å²) in [7, 11) is 0. The van der Waals surface area contributed by atoms with Crippen molar-refractivity contribution in [2.75, 3.05) is 11.4 Å². The molecule has 0 unspecified atom stereocenters. The van der Waals surface area contributed by atoms with Crippen molar-refractivity contribution in [3.8, 4) is 0 Å². The molecule has 0 fully saturated rings. The van der Waals surface area contributed by atoms with Crippen molar-refractivity contribution in [1.29, 1.82) is 0 Å². The first-order valence-electron chi connectivity index (χ1n) is 5.65. The highest BCUT2D eigenvalue weighted by Crippen LogP contribution is 2.30. The minimum atomic E-state index is -0.956. The van der Waals surface area contributed by atoms with Crippen LogP contribution >= 0.6 is 0 Å². The normalized spacial score (nSPS) is 14.3. The fourth-order valence-electron chi connectivity index (χ4n) is 2.08. The number of amides is 1. The van der Waals surface area contributed by atoms with Crippen molar-refractivity contribution in [3.63, 3.8) is 0 Å². The Morgan fingerprint density at radius 1 is 1.47 bits per heavy atom. The van der Waals surface area contributed by atoms with Crippen LogP contribution in [-0.4, -0.2) is 23.5 Å². The van der Waals surface area contributed by atoms with Crippen LogP contribution in [0.3, 0.4) is 0 Å². The molecule has 90 valence electrons. The van der Waals surface area contributed by atoms with Crippen molar-refractivity contribution in [1.82, 2.24) is 0 Å². The molecule has 1 heterocycles. The van der Waals surface area contributed by atoms with Crippen LogP contribution in [0.15, 0.2) is 18.2 Å². The highest BCUT2D eigenvalue weighted by molar-refractivity contribution is 6.02. The zero-order valence-electron chi connectivity index (χ0n) is 9.93. The number of fused-ring (bicyclic) bond motifs is 1. The number of rotatable bonds is 3. The van der Waals surface area contributed by atoms with E-state index in [1.807, 2.05) is 0 Å². The van der Waals surface area contributed by atoms with Gasteiger partial charge in [-0.3, -0.25) is 4.79 Å². The number of hydrogen-bond donors (Lipinski definition) is 1. The van der Waals surface area contributed by atoms with Crippen LogP contribution in [0.1, 0.15) is 29.8 Å².